The summed E-state index contributed by atoms with van der Waals surface area (Å²) in [5, 5.41) is 11.3. The molecule has 106 valence electrons. The summed E-state index contributed by atoms with van der Waals surface area (Å²) in [5.74, 6) is -1.17. The fourth-order valence-electron chi connectivity index (χ4n) is 2.30. The highest BCUT2D eigenvalue weighted by Crippen LogP contribution is 2.25. The molecule has 0 bridgehead atoms. The SMILES string of the molecule is CCc1nnc(C)cc1C(NC)c1cc(F)cc(F)c1. The van der Waals surface area contributed by atoms with Gasteiger partial charge in [0.1, 0.15) is 11.6 Å². The first kappa shape index (κ1) is 14.5. The summed E-state index contributed by atoms with van der Waals surface area (Å²) in [5.41, 5.74) is 3.02. The zero-order valence-electron chi connectivity index (χ0n) is 11.7. The third-order valence-corrected chi connectivity index (χ3v) is 3.18. The Morgan fingerprint density at radius 3 is 2.30 bits per heavy atom. The van der Waals surface area contributed by atoms with Crippen LogP contribution in [-0.2, 0) is 6.42 Å². The van der Waals surface area contributed by atoms with Gasteiger partial charge in [-0.1, -0.05) is 6.92 Å². The first-order chi connectivity index (χ1) is 9.55. The molecular formula is C15H17F2N3. The molecule has 1 heterocycles. The minimum Gasteiger partial charge on any atom is -0.309 e. The molecule has 20 heavy (non-hydrogen) atoms. The summed E-state index contributed by atoms with van der Waals surface area (Å²) in [6, 6.07) is 5.12. The summed E-state index contributed by atoms with van der Waals surface area (Å²) >= 11 is 0. The summed E-state index contributed by atoms with van der Waals surface area (Å²) in [6.07, 6.45) is 0.707. The van der Waals surface area contributed by atoms with E-state index in [-0.39, 0.29) is 6.04 Å². The molecule has 0 fully saturated rings. The summed E-state index contributed by atoms with van der Waals surface area (Å²) < 4.78 is 26.8. The number of nitrogens with one attached hydrogen (secondary N) is 1. The lowest BCUT2D eigenvalue weighted by Crippen LogP contribution is -2.20. The van der Waals surface area contributed by atoms with Crippen LogP contribution < -0.4 is 5.32 Å². The quantitative estimate of drug-likeness (QED) is 0.933. The van der Waals surface area contributed by atoms with Crippen LogP contribution in [0.4, 0.5) is 8.78 Å². The van der Waals surface area contributed by atoms with Crippen LogP contribution >= 0.6 is 0 Å². The predicted octanol–water partition coefficient (Wildman–Crippen LogP) is 2.93. The fraction of sp³-hybridized carbons (Fsp3) is 0.333. The normalized spacial score (nSPS) is 12.4. The molecule has 1 aromatic carbocycles. The van der Waals surface area contributed by atoms with Crippen molar-refractivity contribution in [3.8, 4) is 0 Å². The third kappa shape index (κ3) is 2.99. The molecule has 0 aliphatic rings. The highest BCUT2D eigenvalue weighted by Gasteiger charge is 2.18. The minimum absolute atomic E-state index is 0.315. The minimum atomic E-state index is -0.586. The van der Waals surface area contributed by atoms with Crippen molar-refractivity contribution in [2.75, 3.05) is 7.05 Å². The number of nitrogens with zero attached hydrogens (tertiary/aromatic N) is 2. The first-order valence-corrected chi connectivity index (χ1v) is 6.51. The van der Waals surface area contributed by atoms with Crippen LogP contribution in [0.5, 0.6) is 0 Å². The second-order valence-electron chi connectivity index (χ2n) is 4.67. The molecule has 1 unspecified atom stereocenters. The van der Waals surface area contributed by atoms with Gasteiger partial charge >= 0.3 is 0 Å². The Kier molecular flexibility index (Phi) is 4.39. The van der Waals surface area contributed by atoms with Gasteiger partial charge in [-0.3, -0.25) is 0 Å². The molecule has 1 atom stereocenters. The van der Waals surface area contributed by atoms with Crippen molar-refractivity contribution in [3.63, 3.8) is 0 Å². The second-order valence-corrected chi connectivity index (χ2v) is 4.67. The molecular weight excluding hydrogens is 260 g/mol. The van der Waals surface area contributed by atoms with Gasteiger partial charge in [-0.2, -0.15) is 10.2 Å². The van der Waals surface area contributed by atoms with Crippen LogP contribution in [0, 0.1) is 18.6 Å². The van der Waals surface area contributed by atoms with E-state index >= 15 is 0 Å². The number of aromatic nitrogens is 2. The van der Waals surface area contributed by atoms with E-state index in [1.165, 1.54) is 12.1 Å². The van der Waals surface area contributed by atoms with Crippen molar-refractivity contribution in [1.29, 1.82) is 0 Å². The van der Waals surface area contributed by atoms with Crippen molar-refractivity contribution in [3.05, 3.63) is 58.4 Å². The van der Waals surface area contributed by atoms with Gasteiger partial charge in [0, 0.05) is 6.07 Å². The zero-order valence-corrected chi connectivity index (χ0v) is 11.7. The van der Waals surface area contributed by atoms with Gasteiger partial charge in [0.25, 0.3) is 0 Å². The van der Waals surface area contributed by atoms with E-state index in [0.29, 0.717) is 12.0 Å². The lowest BCUT2D eigenvalue weighted by atomic mass is 9.96. The standard InChI is InChI=1S/C15H17F2N3/c1-4-14-13(5-9(2)19-20-14)15(18-3)10-6-11(16)8-12(17)7-10/h5-8,15,18H,4H2,1-3H3. The Balaban J connectivity index is 2.54. The van der Waals surface area contributed by atoms with Gasteiger partial charge in [0.15, 0.2) is 0 Å². The Bertz CT molecular complexity index is 594. The highest BCUT2D eigenvalue weighted by molar-refractivity contribution is 5.35. The van der Waals surface area contributed by atoms with Crippen LogP contribution in [0.1, 0.15) is 35.5 Å². The van der Waals surface area contributed by atoms with Crippen LogP contribution in [0.25, 0.3) is 0 Å². The smallest absolute Gasteiger partial charge is 0.126 e. The summed E-state index contributed by atoms with van der Waals surface area (Å²) in [6.45, 7) is 3.82. The highest BCUT2D eigenvalue weighted by atomic mass is 19.1. The van der Waals surface area contributed by atoms with E-state index in [1.807, 2.05) is 19.9 Å². The summed E-state index contributed by atoms with van der Waals surface area (Å²) in [7, 11) is 1.75. The van der Waals surface area contributed by atoms with Gasteiger partial charge in [-0.05, 0) is 49.7 Å². The Hall–Kier alpha value is -1.88. The molecule has 0 amide bonds. The van der Waals surface area contributed by atoms with Crippen LogP contribution in [0.2, 0.25) is 0 Å². The molecule has 0 saturated heterocycles. The van der Waals surface area contributed by atoms with E-state index in [2.05, 4.69) is 15.5 Å². The Labute approximate surface area is 117 Å². The van der Waals surface area contributed by atoms with Gasteiger partial charge in [-0.15, -0.1) is 0 Å². The third-order valence-electron chi connectivity index (χ3n) is 3.18. The zero-order chi connectivity index (χ0) is 14.7. The molecule has 5 heteroatoms. The average molecular weight is 277 g/mol. The van der Waals surface area contributed by atoms with Crippen molar-refractivity contribution < 1.29 is 8.78 Å². The van der Waals surface area contributed by atoms with Gasteiger partial charge in [0.2, 0.25) is 0 Å². The van der Waals surface area contributed by atoms with E-state index < -0.39 is 11.6 Å². The van der Waals surface area contributed by atoms with Crippen molar-refractivity contribution in [1.82, 2.24) is 15.5 Å². The molecule has 2 rings (SSSR count). The topological polar surface area (TPSA) is 37.8 Å². The maximum absolute atomic E-state index is 13.4. The predicted molar refractivity (Wildman–Crippen MR) is 73.4 cm³/mol. The van der Waals surface area contributed by atoms with E-state index in [4.69, 9.17) is 0 Å². The lowest BCUT2D eigenvalue weighted by Gasteiger charge is -2.20. The average Bonchev–Trinajstić information content (AvgIpc) is 2.39. The number of aryl methyl sites for hydroxylation is 2. The number of hydrogen-bond acceptors (Lipinski definition) is 3. The Morgan fingerprint density at radius 1 is 1.10 bits per heavy atom. The van der Waals surface area contributed by atoms with Crippen LogP contribution in [-0.4, -0.2) is 17.2 Å². The van der Waals surface area contributed by atoms with Crippen LogP contribution in [0.15, 0.2) is 24.3 Å². The van der Waals surface area contributed by atoms with Crippen molar-refractivity contribution in [2.24, 2.45) is 0 Å². The van der Waals surface area contributed by atoms with Crippen LogP contribution in [0.3, 0.4) is 0 Å². The lowest BCUT2D eigenvalue weighted by molar-refractivity contribution is 0.570. The molecule has 2 aromatic rings. The number of rotatable bonds is 4. The molecule has 0 aliphatic carbocycles. The van der Waals surface area contributed by atoms with Gasteiger partial charge < -0.3 is 5.32 Å². The maximum atomic E-state index is 13.4. The molecule has 1 N–H and O–H groups in total. The van der Waals surface area contributed by atoms with E-state index in [0.717, 1.165) is 23.0 Å². The molecule has 0 aliphatic heterocycles. The van der Waals surface area contributed by atoms with Crippen molar-refractivity contribution >= 4 is 0 Å². The number of halogens is 2. The van der Waals surface area contributed by atoms with Gasteiger partial charge in [0.05, 0.1) is 17.4 Å². The number of hydrogen-bond donors (Lipinski definition) is 1. The van der Waals surface area contributed by atoms with E-state index in [1.54, 1.807) is 7.05 Å². The molecule has 0 saturated carbocycles. The fourth-order valence-corrected chi connectivity index (χ4v) is 2.30. The van der Waals surface area contributed by atoms with Crippen molar-refractivity contribution in [2.45, 2.75) is 26.3 Å². The Morgan fingerprint density at radius 2 is 1.75 bits per heavy atom. The molecule has 1 aromatic heterocycles. The second kappa shape index (κ2) is 6.05. The first-order valence-electron chi connectivity index (χ1n) is 6.51. The largest absolute Gasteiger partial charge is 0.309 e. The monoisotopic (exact) mass is 277 g/mol. The van der Waals surface area contributed by atoms with Gasteiger partial charge in [-0.25, -0.2) is 8.78 Å². The number of benzene rings is 1. The molecule has 0 spiro atoms. The molecule has 3 nitrogen and oxygen atoms in total. The maximum Gasteiger partial charge on any atom is 0.126 e. The molecule has 0 radical (unpaired) electrons. The summed E-state index contributed by atoms with van der Waals surface area (Å²) in [4.78, 5) is 0. The van der Waals surface area contributed by atoms with E-state index in [9.17, 15) is 8.78 Å².